The fourth-order valence-corrected chi connectivity index (χ4v) is 4.81. The average Bonchev–Trinajstić information content (AvgIpc) is 3.45. The third-order valence-corrected chi connectivity index (χ3v) is 6.39. The summed E-state index contributed by atoms with van der Waals surface area (Å²) in [6.45, 7) is 3.10. The highest BCUT2D eigenvalue weighted by Crippen LogP contribution is 2.42. The Morgan fingerprint density at radius 2 is 1.93 bits per heavy atom. The summed E-state index contributed by atoms with van der Waals surface area (Å²) in [6, 6.07) is 8.21. The first kappa shape index (κ1) is 21.0. The molecule has 1 amide bonds. The largest absolute Gasteiger partial charge is 0.486 e. The molecule has 1 aromatic carbocycles. The first-order valence-corrected chi connectivity index (χ1v) is 10.7. The Morgan fingerprint density at radius 3 is 2.70 bits per heavy atom. The molecule has 162 valence electrons. The molecule has 30 heavy (non-hydrogen) atoms. The van der Waals surface area contributed by atoms with E-state index in [0.29, 0.717) is 24.9 Å². The van der Waals surface area contributed by atoms with E-state index in [1.807, 2.05) is 29.1 Å². The Bertz CT molecular complexity index is 888. The van der Waals surface area contributed by atoms with Crippen molar-refractivity contribution in [3.8, 4) is 11.5 Å². The van der Waals surface area contributed by atoms with E-state index in [9.17, 15) is 4.79 Å². The quantitative estimate of drug-likeness (QED) is 0.775. The SMILES string of the molecule is Cl.O=C(NC1(c2ccc3c(c2)OCCO3)CCCC1)c1ccn(C2CCCNC2)n1. The topological polar surface area (TPSA) is 77.4 Å². The molecule has 1 aromatic heterocycles. The number of rotatable bonds is 4. The minimum atomic E-state index is -0.372. The van der Waals surface area contributed by atoms with Crippen molar-refractivity contribution < 1.29 is 14.3 Å². The van der Waals surface area contributed by atoms with Gasteiger partial charge in [0.1, 0.15) is 18.9 Å². The molecule has 0 bridgehead atoms. The summed E-state index contributed by atoms with van der Waals surface area (Å²) < 4.78 is 13.4. The highest BCUT2D eigenvalue weighted by atomic mass is 35.5. The Labute approximate surface area is 182 Å². The van der Waals surface area contributed by atoms with Crippen molar-refractivity contribution in [2.45, 2.75) is 50.1 Å². The molecule has 2 aromatic rings. The summed E-state index contributed by atoms with van der Waals surface area (Å²) in [6.07, 6.45) is 8.19. The zero-order valence-corrected chi connectivity index (χ0v) is 17.9. The number of piperidine rings is 1. The van der Waals surface area contributed by atoms with Crippen LogP contribution in [0.15, 0.2) is 30.5 Å². The van der Waals surface area contributed by atoms with Crippen molar-refractivity contribution in [1.29, 1.82) is 0 Å². The highest BCUT2D eigenvalue weighted by Gasteiger charge is 2.38. The predicted octanol–water partition coefficient (Wildman–Crippen LogP) is 3.20. The van der Waals surface area contributed by atoms with Gasteiger partial charge in [-0.3, -0.25) is 9.48 Å². The lowest BCUT2D eigenvalue weighted by atomic mass is 9.87. The monoisotopic (exact) mass is 432 g/mol. The third kappa shape index (κ3) is 4.01. The number of benzene rings is 1. The average molecular weight is 433 g/mol. The van der Waals surface area contributed by atoms with E-state index in [2.05, 4.69) is 21.8 Å². The van der Waals surface area contributed by atoms with Gasteiger partial charge in [0.2, 0.25) is 0 Å². The molecule has 1 saturated carbocycles. The zero-order valence-electron chi connectivity index (χ0n) is 17.1. The minimum Gasteiger partial charge on any atom is -0.486 e. The van der Waals surface area contributed by atoms with E-state index in [1.165, 1.54) is 0 Å². The second kappa shape index (κ2) is 8.86. The van der Waals surface area contributed by atoms with E-state index >= 15 is 0 Å². The van der Waals surface area contributed by atoms with Crippen LogP contribution in [-0.2, 0) is 5.54 Å². The van der Waals surface area contributed by atoms with Crippen LogP contribution >= 0.6 is 12.4 Å². The summed E-state index contributed by atoms with van der Waals surface area (Å²) in [5, 5.41) is 11.3. The number of carbonyl (C=O) groups is 1. The van der Waals surface area contributed by atoms with Gasteiger partial charge in [-0.05, 0) is 56.0 Å². The van der Waals surface area contributed by atoms with E-state index in [4.69, 9.17) is 9.47 Å². The van der Waals surface area contributed by atoms with Crippen LogP contribution in [0.2, 0.25) is 0 Å². The van der Waals surface area contributed by atoms with Gasteiger partial charge in [-0.15, -0.1) is 12.4 Å². The summed E-state index contributed by atoms with van der Waals surface area (Å²) in [7, 11) is 0. The summed E-state index contributed by atoms with van der Waals surface area (Å²) >= 11 is 0. The lowest BCUT2D eigenvalue weighted by Gasteiger charge is -2.32. The number of halogens is 1. The number of aromatic nitrogens is 2. The summed E-state index contributed by atoms with van der Waals surface area (Å²) in [5.41, 5.74) is 1.20. The number of fused-ring (bicyclic) bond motifs is 1. The fraction of sp³-hybridized carbons (Fsp3) is 0.545. The van der Waals surface area contributed by atoms with Crippen LogP contribution in [-0.4, -0.2) is 42.0 Å². The second-order valence-electron chi connectivity index (χ2n) is 8.28. The molecule has 3 aliphatic rings. The van der Waals surface area contributed by atoms with Crippen LogP contribution in [0, 0.1) is 0 Å². The van der Waals surface area contributed by atoms with Crippen molar-refractivity contribution in [3.63, 3.8) is 0 Å². The molecular formula is C22H29ClN4O3. The van der Waals surface area contributed by atoms with Crippen molar-refractivity contribution in [2.75, 3.05) is 26.3 Å². The second-order valence-corrected chi connectivity index (χ2v) is 8.28. The first-order valence-electron chi connectivity index (χ1n) is 10.7. The van der Waals surface area contributed by atoms with Gasteiger partial charge in [-0.1, -0.05) is 18.9 Å². The molecule has 1 atom stereocenters. The molecule has 8 heteroatoms. The molecule has 2 aliphatic heterocycles. The van der Waals surface area contributed by atoms with Crippen molar-refractivity contribution in [1.82, 2.24) is 20.4 Å². The van der Waals surface area contributed by atoms with Gasteiger partial charge in [-0.2, -0.15) is 5.10 Å². The normalized spacial score (nSPS) is 22.2. The van der Waals surface area contributed by atoms with Crippen LogP contribution in [0.25, 0.3) is 0 Å². The Balaban J connectivity index is 0.00000218. The predicted molar refractivity (Wildman–Crippen MR) is 116 cm³/mol. The smallest absolute Gasteiger partial charge is 0.272 e. The number of hydrogen-bond acceptors (Lipinski definition) is 5. The lowest BCUT2D eigenvalue weighted by molar-refractivity contribution is 0.0891. The number of amides is 1. The van der Waals surface area contributed by atoms with Crippen LogP contribution in [0.3, 0.4) is 0 Å². The summed E-state index contributed by atoms with van der Waals surface area (Å²) in [5.74, 6) is 1.44. The van der Waals surface area contributed by atoms with Crippen molar-refractivity contribution >= 4 is 18.3 Å². The van der Waals surface area contributed by atoms with Gasteiger partial charge in [0, 0.05) is 12.7 Å². The lowest BCUT2D eigenvalue weighted by Crippen LogP contribution is -2.44. The van der Waals surface area contributed by atoms with E-state index < -0.39 is 0 Å². The van der Waals surface area contributed by atoms with Gasteiger partial charge < -0.3 is 20.1 Å². The molecule has 0 radical (unpaired) electrons. The van der Waals surface area contributed by atoms with Gasteiger partial charge in [0.25, 0.3) is 5.91 Å². The fourth-order valence-electron chi connectivity index (χ4n) is 4.81. The van der Waals surface area contributed by atoms with E-state index in [1.54, 1.807) is 0 Å². The molecule has 1 saturated heterocycles. The standard InChI is InChI=1S/C22H28N4O3.ClH/c27-21(18-7-11-26(25-18)17-4-3-10-23-15-17)24-22(8-1-2-9-22)16-5-6-19-20(14-16)29-13-12-28-19;/h5-7,11,14,17,23H,1-4,8-10,12-13,15H2,(H,24,27);1H. The molecule has 1 unspecified atom stereocenters. The van der Waals surface area contributed by atoms with Crippen molar-refractivity contribution in [3.05, 3.63) is 41.7 Å². The Morgan fingerprint density at radius 1 is 1.13 bits per heavy atom. The Hall–Kier alpha value is -2.25. The molecule has 5 rings (SSSR count). The van der Waals surface area contributed by atoms with E-state index in [-0.39, 0.29) is 23.9 Å². The van der Waals surface area contributed by atoms with Gasteiger partial charge in [0.15, 0.2) is 11.5 Å². The number of ether oxygens (including phenoxy) is 2. The van der Waals surface area contributed by atoms with Crippen LogP contribution in [0.1, 0.15) is 60.6 Å². The molecule has 2 N–H and O–H groups in total. The maximum absolute atomic E-state index is 13.1. The van der Waals surface area contributed by atoms with Gasteiger partial charge in [0.05, 0.1) is 11.6 Å². The number of nitrogens with one attached hydrogen (secondary N) is 2. The highest BCUT2D eigenvalue weighted by molar-refractivity contribution is 5.92. The maximum Gasteiger partial charge on any atom is 0.272 e. The van der Waals surface area contributed by atoms with Crippen LogP contribution in [0.5, 0.6) is 11.5 Å². The molecular weight excluding hydrogens is 404 g/mol. The molecule has 2 fully saturated rings. The van der Waals surface area contributed by atoms with Gasteiger partial charge in [-0.25, -0.2) is 0 Å². The molecule has 1 aliphatic carbocycles. The maximum atomic E-state index is 13.1. The molecule has 0 spiro atoms. The van der Waals surface area contributed by atoms with Crippen LogP contribution < -0.4 is 20.1 Å². The van der Waals surface area contributed by atoms with Crippen LogP contribution in [0.4, 0.5) is 0 Å². The summed E-state index contributed by atoms with van der Waals surface area (Å²) in [4.78, 5) is 13.1. The molecule has 7 nitrogen and oxygen atoms in total. The van der Waals surface area contributed by atoms with Crippen molar-refractivity contribution in [2.24, 2.45) is 0 Å². The van der Waals surface area contributed by atoms with Gasteiger partial charge >= 0.3 is 0 Å². The van der Waals surface area contributed by atoms with E-state index in [0.717, 1.165) is 68.7 Å². The number of carbonyl (C=O) groups excluding carboxylic acids is 1. The first-order chi connectivity index (χ1) is 14.2. The number of hydrogen-bond donors (Lipinski definition) is 2. The molecule has 3 heterocycles. The number of nitrogens with zero attached hydrogens (tertiary/aromatic N) is 2. The third-order valence-electron chi connectivity index (χ3n) is 6.39. The Kier molecular flexibility index (Phi) is 6.20. The minimum absolute atomic E-state index is 0. The zero-order chi connectivity index (χ0) is 19.7.